The maximum absolute atomic E-state index is 11.3. The molecule has 9 heteroatoms. The summed E-state index contributed by atoms with van der Waals surface area (Å²) in [5.41, 5.74) is 0. The number of esters is 3. The van der Waals surface area contributed by atoms with Crippen molar-refractivity contribution in [2.24, 2.45) is 0 Å². The fraction of sp³-hybridized carbons (Fsp3) is 0.750. The number of alkyl halides is 1. The highest BCUT2D eigenvalue weighted by Crippen LogP contribution is 2.27. The molecule has 1 aliphatic heterocycles. The summed E-state index contributed by atoms with van der Waals surface area (Å²) < 4.78 is 20.1. The van der Waals surface area contributed by atoms with Gasteiger partial charge in [-0.3, -0.25) is 14.4 Å². The Morgan fingerprint density at radius 3 is 2.05 bits per heavy atom. The van der Waals surface area contributed by atoms with Crippen molar-refractivity contribution in [3.63, 3.8) is 0 Å². The largest absolute Gasteiger partial charge is 0.456 e. The number of carbonyl (C=O) groups excluding carboxylic acids is 3. The molecule has 1 saturated heterocycles. The fourth-order valence-electron chi connectivity index (χ4n) is 1.98. The lowest BCUT2D eigenvalue weighted by Crippen LogP contribution is -2.60. The lowest BCUT2D eigenvalue weighted by atomic mass is 9.99. The molecule has 0 radical (unpaired) electrons. The number of carbonyl (C=O) groups is 3. The van der Waals surface area contributed by atoms with E-state index in [0.29, 0.717) is 0 Å². The zero-order valence-electron chi connectivity index (χ0n) is 11.8. The predicted molar refractivity (Wildman–Crippen MR) is 68.3 cm³/mol. The van der Waals surface area contributed by atoms with Crippen molar-refractivity contribution in [1.82, 2.24) is 0 Å². The summed E-state index contributed by atoms with van der Waals surface area (Å²) in [5, 5.41) is 9.84. The summed E-state index contributed by atoms with van der Waals surface area (Å²) in [6.45, 7) is 3.83. The molecule has 5 atom stereocenters. The second-order valence-electron chi connectivity index (χ2n) is 4.47. The van der Waals surface area contributed by atoms with E-state index in [9.17, 15) is 19.5 Å². The van der Waals surface area contributed by atoms with Crippen LogP contribution >= 0.6 is 11.6 Å². The minimum absolute atomic E-state index is 0.455. The maximum Gasteiger partial charge on any atom is 0.321 e. The average Bonchev–Trinajstić information content (AvgIpc) is 2.37. The summed E-state index contributed by atoms with van der Waals surface area (Å²) in [7, 11) is 0. The lowest BCUT2D eigenvalue weighted by Gasteiger charge is -2.41. The van der Waals surface area contributed by atoms with Crippen LogP contribution in [0, 0.1) is 0 Å². The van der Waals surface area contributed by atoms with Crippen molar-refractivity contribution in [3.8, 4) is 0 Å². The van der Waals surface area contributed by atoms with Gasteiger partial charge in [-0.25, -0.2) is 0 Å². The Bertz CT molecular complexity index is 412. The normalized spacial score (nSPS) is 32.1. The molecule has 0 aromatic heterocycles. The molecule has 0 unspecified atom stereocenters. The quantitative estimate of drug-likeness (QED) is 0.428. The van der Waals surface area contributed by atoms with E-state index in [2.05, 4.69) is 0 Å². The van der Waals surface area contributed by atoms with Crippen LogP contribution in [0.25, 0.3) is 0 Å². The third-order valence-corrected chi connectivity index (χ3v) is 2.94. The van der Waals surface area contributed by atoms with Crippen molar-refractivity contribution < 1.29 is 38.4 Å². The van der Waals surface area contributed by atoms with Gasteiger partial charge in [-0.2, -0.15) is 0 Å². The standard InChI is InChI=1S/C12H17ClO8/c1-5-9(19-6(2)14)10(20-7(3)15)11(12(17)18-5)21-8(16)4-13/h5,9-12,17H,4H2,1-3H3/t5-,9-,10+,11-,12-/m0/s1. The van der Waals surface area contributed by atoms with E-state index in [1.165, 1.54) is 13.8 Å². The number of aliphatic hydroxyl groups is 1. The van der Waals surface area contributed by atoms with Crippen molar-refractivity contribution in [3.05, 3.63) is 0 Å². The third kappa shape index (κ3) is 4.83. The van der Waals surface area contributed by atoms with Crippen molar-refractivity contribution in [2.75, 3.05) is 5.88 Å². The van der Waals surface area contributed by atoms with Gasteiger partial charge >= 0.3 is 17.9 Å². The van der Waals surface area contributed by atoms with E-state index in [1.807, 2.05) is 0 Å². The summed E-state index contributed by atoms with van der Waals surface area (Å²) >= 11 is 5.33. The minimum Gasteiger partial charge on any atom is -0.456 e. The van der Waals surface area contributed by atoms with Crippen LogP contribution in [0.4, 0.5) is 0 Å². The van der Waals surface area contributed by atoms with Crippen molar-refractivity contribution in [2.45, 2.75) is 51.5 Å². The van der Waals surface area contributed by atoms with E-state index >= 15 is 0 Å². The topological polar surface area (TPSA) is 108 Å². The molecule has 8 nitrogen and oxygen atoms in total. The lowest BCUT2D eigenvalue weighted by molar-refractivity contribution is -0.288. The van der Waals surface area contributed by atoms with E-state index in [0.717, 1.165) is 6.92 Å². The van der Waals surface area contributed by atoms with Crippen molar-refractivity contribution in [1.29, 1.82) is 0 Å². The molecular formula is C12H17ClO8. The highest BCUT2D eigenvalue weighted by atomic mass is 35.5. The molecule has 1 aliphatic rings. The molecule has 1 heterocycles. The molecule has 0 aromatic carbocycles. The Kier molecular flexibility index (Phi) is 6.38. The van der Waals surface area contributed by atoms with Gasteiger partial charge < -0.3 is 24.1 Å². The molecule has 0 aliphatic carbocycles. The highest BCUT2D eigenvalue weighted by molar-refractivity contribution is 6.26. The SMILES string of the molecule is CC(=O)O[C@@H]1[C@@H](OC(C)=O)[C@H](C)O[C@H](O)[C@H]1OC(=O)CCl. The van der Waals surface area contributed by atoms with Crippen LogP contribution in [0.3, 0.4) is 0 Å². The van der Waals surface area contributed by atoms with Crippen molar-refractivity contribution >= 4 is 29.5 Å². The van der Waals surface area contributed by atoms with Crippen LogP contribution < -0.4 is 0 Å². The van der Waals surface area contributed by atoms with E-state index in [1.54, 1.807) is 0 Å². The Morgan fingerprint density at radius 2 is 1.57 bits per heavy atom. The molecule has 21 heavy (non-hydrogen) atoms. The first-order valence-electron chi connectivity index (χ1n) is 6.19. The van der Waals surface area contributed by atoms with Crippen LogP contribution in [0.2, 0.25) is 0 Å². The maximum atomic E-state index is 11.3. The van der Waals surface area contributed by atoms with Crippen LogP contribution in [0.15, 0.2) is 0 Å². The Balaban J connectivity index is 3.01. The van der Waals surface area contributed by atoms with Gasteiger partial charge in [-0.05, 0) is 6.92 Å². The first-order valence-corrected chi connectivity index (χ1v) is 6.73. The predicted octanol–water partition coefficient (Wildman–Crippen LogP) is -0.262. The van der Waals surface area contributed by atoms with Gasteiger partial charge in [0.15, 0.2) is 24.6 Å². The molecule has 0 spiro atoms. The Labute approximate surface area is 126 Å². The Hall–Kier alpha value is -1.38. The van der Waals surface area contributed by atoms with Gasteiger partial charge in [0.05, 0.1) is 6.10 Å². The second-order valence-corrected chi connectivity index (χ2v) is 4.74. The summed E-state index contributed by atoms with van der Waals surface area (Å²) in [6.07, 6.45) is -5.87. The fourth-order valence-corrected chi connectivity index (χ4v) is 2.04. The molecule has 0 amide bonds. The smallest absolute Gasteiger partial charge is 0.321 e. The summed E-state index contributed by atoms with van der Waals surface area (Å²) in [4.78, 5) is 33.6. The third-order valence-electron chi connectivity index (χ3n) is 2.73. The van der Waals surface area contributed by atoms with Crippen LogP contribution in [-0.2, 0) is 33.3 Å². The minimum atomic E-state index is -1.54. The number of hydrogen-bond donors (Lipinski definition) is 1. The Morgan fingerprint density at radius 1 is 1.05 bits per heavy atom. The van der Waals surface area contributed by atoms with Crippen LogP contribution in [-0.4, -0.2) is 59.6 Å². The summed E-state index contributed by atoms with van der Waals surface area (Å²) in [5.74, 6) is -2.61. The molecule has 0 bridgehead atoms. The van der Waals surface area contributed by atoms with Crippen LogP contribution in [0.5, 0.6) is 0 Å². The zero-order chi connectivity index (χ0) is 16.2. The number of hydrogen-bond acceptors (Lipinski definition) is 8. The number of aliphatic hydroxyl groups excluding tert-OH is 1. The number of ether oxygens (including phenoxy) is 4. The number of halogens is 1. The van der Waals surface area contributed by atoms with Gasteiger partial charge in [0.25, 0.3) is 0 Å². The van der Waals surface area contributed by atoms with Gasteiger partial charge in [-0.15, -0.1) is 11.6 Å². The van der Waals surface area contributed by atoms with Gasteiger partial charge in [0.1, 0.15) is 5.88 Å². The van der Waals surface area contributed by atoms with E-state index in [4.69, 9.17) is 30.5 Å². The van der Waals surface area contributed by atoms with Crippen LogP contribution in [0.1, 0.15) is 20.8 Å². The first kappa shape index (κ1) is 17.7. The van der Waals surface area contributed by atoms with Gasteiger partial charge in [-0.1, -0.05) is 0 Å². The zero-order valence-corrected chi connectivity index (χ0v) is 12.5. The first-order chi connectivity index (χ1) is 9.76. The summed E-state index contributed by atoms with van der Waals surface area (Å²) in [6, 6.07) is 0. The van der Waals surface area contributed by atoms with Gasteiger partial charge in [0.2, 0.25) is 0 Å². The van der Waals surface area contributed by atoms with Gasteiger partial charge in [0, 0.05) is 13.8 Å². The average molecular weight is 325 g/mol. The molecule has 1 rings (SSSR count). The second kappa shape index (κ2) is 7.58. The molecule has 1 fully saturated rings. The number of rotatable bonds is 4. The molecular weight excluding hydrogens is 308 g/mol. The molecule has 0 saturated carbocycles. The molecule has 120 valence electrons. The monoisotopic (exact) mass is 324 g/mol. The molecule has 0 aromatic rings. The highest BCUT2D eigenvalue weighted by Gasteiger charge is 2.49. The molecule has 1 N–H and O–H groups in total. The van der Waals surface area contributed by atoms with E-state index in [-0.39, 0.29) is 0 Å². The van der Waals surface area contributed by atoms with E-state index < -0.39 is 54.5 Å².